The van der Waals surface area contributed by atoms with Crippen LogP contribution in [-0.4, -0.2) is 27.1 Å². The van der Waals surface area contributed by atoms with Gasteiger partial charge in [0.15, 0.2) is 5.65 Å². The van der Waals surface area contributed by atoms with Gasteiger partial charge in [0.1, 0.15) is 11.3 Å². The van der Waals surface area contributed by atoms with Crippen molar-refractivity contribution >= 4 is 22.9 Å². The normalized spacial score (nSPS) is 10.9. The smallest absolute Gasteiger partial charge is 0.319 e. The number of nitrogens with zero attached hydrogens (tertiary/aromatic N) is 3. The zero-order chi connectivity index (χ0) is 21.8. The minimum absolute atomic E-state index is 0.193. The van der Waals surface area contributed by atoms with E-state index in [0.29, 0.717) is 13.1 Å². The monoisotopic (exact) mass is 413 g/mol. The summed E-state index contributed by atoms with van der Waals surface area (Å²) >= 11 is 0. The Morgan fingerprint density at radius 3 is 2.58 bits per heavy atom. The molecule has 0 unspecified atom stereocenters. The number of aromatic nitrogens is 3. The molecule has 6 nitrogen and oxygen atoms in total. The minimum Gasteiger partial charge on any atom is -0.338 e. The molecule has 158 valence electrons. The van der Waals surface area contributed by atoms with Crippen molar-refractivity contribution in [2.24, 2.45) is 0 Å². The van der Waals surface area contributed by atoms with Crippen LogP contribution in [0.15, 0.2) is 60.8 Å². The standard InChI is InChI=1S/C25H27N5O/c1-17-8-11-20(12-9-17)23-28-21-6-4-13-26-24(21)30(23)15-5-14-27-25(31)29-22-16-18(2)7-10-19(22)3/h4,6-13,16H,5,14-15H2,1-3H3,(H2,27,29,31). The van der Waals surface area contributed by atoms with E-state index < -0.39 is 0 Å². The van der Waals surface area contributed by atoms with Crippen molar-refractivity contribution in [3.05, 3.63) is 77.5 Å². The number of rotatable bonds is 6. The second kappa shape index (κ2) is 9.00. The van der Waals surface area contributed by atoms with E-state index >= 15 is 0 Å². The lowest BCUT2D eigenvalue weighted by Gasteiger charge is -2.12. The molecule has 4 rings (SSSR count). The van der Waals surface area contributed by atoms with Gasteiger partial charge in [-0.05, 0) is 56.5 Å². The van der Waals surface area contributed by atoms with Crippen LogP contribution >= 0.6 is 0 Å². The Morgan fingerprint density at radius 2 is 1.77 bits per heavy atom. The van der Waals surface area contributed by atoms with E-state index in [0.717, 1.165) is 45.8 Å². The number of hydrogen-bond acceptors (Lipinski definition) is 3. The maximum absolute atomic E-state index is 12.3. The van der Waals surface area contributed by atoms with Gasteiger partial charge in [-0.15, -0.1) is 0 Å². The number of nitrogens with one attached hydrogen (secondary N) is 2. The van der Waals surface area contributed by atoms with Crippen molar-refractivity contribution in [3.8, 4) is 11.4 Å². The maximum atomic E-state index is 12.3. The van der Waals surface area contributed by atoms with E-state index in [1.54, 1.807) is 6.20 Å². The third-order valence-corrected chi connectivity index (χ3v) is 5.30. The van der Waals surface area contributed by atoms with Crippen molar-refractivity contribution in [1.82, 2.24) is 19.9 Å². The van der Waals surface area contributed by atoms with Crippen molar-refractivity contribution in [1.29, 1.82) is 0 Å². The van der Waals surface area contributed by atoms with Crippen LogP contribution in [0.3, 0.4) is 0 Å². The third-order valence-electron chi connectivity index (χ3n) is 5.30. The van der Waals surface area contributed by atoms with Gasteiger partial charge in [-0.1, -0.05) is 42.0 Å². The quantitative estimate of drug-likeness (QED) is 0.425. The average molecular weight is 414 g/mol. The molecule has 2 amide bonds. The second-order valence-electron chi connectivity index (χ2n) is 7.85. The van der Waals surface area contributed by atoms with E-state index in [1.807, 2.05) is 44.2 Å². The lowest BCUT2D eigenvalue weighted by molar-refractivity contribution is 0.252. The molecule has 31 heavy (non-hydrogen) atoms. The first-order valence-corrected chi connectivity index (χ1v) is 10.5. The Labute approximate surface area is 182 Å². The Kier molecular flexibility index (Phi) is 5.98. The van der Waals surface area contributed by atoms with Crippen LogP contribution in [0, 0.1) is 20.8 Å². The van der Waals surface area contributed by atoms with Crippen LogP contribution < -0.4 is 10.6 Å². The van der Waals surface area contributed by atoms with Gasteiger partial charge >= 0.3 is 6.03 Å². The van der Waals surface area contributed by atoms with Crippen molar-refractivity contribution in [2.45, 2.75) is 33.7 Å². The summed E-state index contributed by atoms with van der Waals surface area (Å²) in [6.45, 7) is 7.33. The number of pyridine rings is 1. The van der Waals surface area contributed by atoms with E-state index in [4.69, 9.17) is 4.98 Å². The van der Waals surface area contributed by atoms with Gasteiger partial charge in [0.25, 0.3) is 0 Å². The molecule has 2 aromatic carbocycles. The van der Waals surface area contributed by atoms with Gasteiger partial charge in [-0.3, -0.25) is 0 Å². The molecule has 0 radical (unpaired) electrons. The van der Waals surface area contributed by atoms with E-state index in [2.05, 4.69) is 51.4 Å². The highest BCUT2D eigenvalue weighted by molar-refractivity contribution is 5.90. The number of imidazole rings is 1. The number of fused-ring (bicyclic) bond motifs is 1. The first-order chi connectivity index (χ1) is 15.0. The summed E-state index contributed by atoms with van der Waals surface area (Å²) < 4.78 is 2.13. The van der Waals surface area contributed by atoms with Crippen LogP contribution in [0.25, 0.3) is 22.6 Å². The first-order valence-electron chi connectivity index (χ1n) is 10.5. The van der Waals surface area contributed by atoms with E-state index in [-0.39, 0.29) is 6.03 Å². The molecule has 0 saturated carbocycles. The second-order valence-corrected chi connectivity index (χ2v) is 7.85. The summed E-state index contributed by atoms with van der Waals surface area (Å²) in [4.78, 5) is 21.7. The van der Waals surface area contributed by atoms with Crippen LogP contribution in [0.4, 0.5) is 10.5 Å². The Hall–Kier alpha value is -3.67. The molecule has 0 fully saturated rings. The van der Waals surface area contributed by atoms with Crippen molar-refractivity contribution in [2.75, 3.05) is 11.9 Å². The molecule has 2 aromatic heterocycles. The molecule has 6 heteroatoms. The molecule has 4 aromatic rings. The van der Waals surface area contributed by atoms with Gasteiger partial charge in [-0.2, -0.15) is 0 Å². The van der Waals surface area contributed by atoms with Gasteiger partial charge in [0.2, 0.25) is 0 Å². The predicted molar refractivity (Wildman–Crippen MR) is 125 cm³/mol. The Morgan fingerprint density at radius 1 is 1.00 bits per heavy atom. The zero-order valence-corrected chi connectivity index (χ0v) is 18.1. The molecular weight excluding hydrogens is 386 g/mol. The molecule has 0 spiro atoms. The summed E-state index contributed by atoms with van der Waals surface area (Å²) in [6.07, 6.45) is 2.55. The fourth-order valence-electron chi connectivity index (χ4n) is 3.57. The third kappa shape index (κ3) is 4.74. The number of amides is 2. The van der Waals surface area contributed by atoms with E-state index in [9.17, 15) is 4.79 Å². The molecule has 2 N–H and O–H groups in total. The van der Waals surface area contributed by atoms with Crippen LogP contribution in [0.1, 0.15) is 23.1 Å². The lowest BCUT2D eigenvalue weighted by Crippen LogP contribution is -2.30. The minimum atomic E-state index is -0.193. The number of aryl methyl sites for hydroxylation is 4. The van der Waals surface area contributed by atoms with Crippen LogP contribution in [0.2, 0.25) is 0 Å². The van der Waals surface area contributed by atoms with Gasteiger partial charge in [-0.25, -0.2) is 14.8 Å². The molecular formula is C25H27N5O. The van der Waals surface area contributed by atoms with Crippen molar-refractivity contribution < 1.29 is 4.79 Å². The fraction of sp³-hybridized carbons (Fsp3) is 0.240. The summed E-state index contributed by atoms with van der Waals surface area (Å²) in [5, 5.41) is 5.89. The summed E-state index contributed by atoms with van der Waals surface area (Å²) in [5.41, 5.74) is 7.00. The largest absolute Gasteiger partial charge is 0.338 e. The highest BCUT2D eigenvalue weighted by Gasteiger charge is 2.13. The number of carbonyl (C=O) groups is 1. The number of urea groups is 1. The Balaban J connectivity index is 1.43. The van der Waals surface area contributed by atoms with Crippen molar-refractivity contribution in [3.63, 3.8) is 0 Å². The van der Waals surface area contributed by atoms with Gasteiger partial charge in [0, 0.05) is 30.5 Å². The predicted octanol–water partition coefficient (Wildman–Crippen LogP) is 5.24. The Bertz CT molecular complexity index is 1210. The van der Waals surface area contributed by atoms with Crippen LogP contribution in [0.5, 0.6) is 0 Å². The summed E-state index contributed by atoms with van der Waals surface area (Å²) in [6, 6.07) is 18.1. The number of benzene rings is 2. The average Bonchev–Trinajstić information content (AvgIpc) is 3.13. The fourth-order valence-corrected chi connectivity index (χ4v) is 3.57. The van der Waals surface area contributed by atoms with Gasteiger partial charge in [0.05, 0.1) is 0 Å². The topological polar surface area (TPSA) is 71.8 Å². The highest BCUT2D eigenvalue weighted by Crippen LogP contribution is 2.24. The molecule has 0 bridgehead atoms. The lowest BCUT2D eigenvalue weighted by atomic mass is 10.1. The zero-order valence-electron chi connectivity index (χ0n) is 18.1. The van der Waals surface area contributed by atoms with Gasteiger partial charge < -0.3 is 15.2 Å². The molecule has 0 saturated heterocycles. The SMILES string of the molecule is Cc1ccc(-c2nc3cccnc3n2CCCNC(=O)Nc2cc(C)ccc2C)cc1. The number of carbonyl (C=O) groups excluding carboxylic acids is 1. The number of hydrogen-bond donors (Lipinski definition) is 2. The number of anilines is 1. The molecule has 0 aliphatic carbocycles. The highest BCUT2D eigenvalue weighted by atomic mass is 16.2. The van der Waals surface area contributed by atoms with E-state index in [1.165, 1.54) is 5.56 Å². The maximum Gasteiger partial charge on any atom is 0.319 e. The summed E-state index contributed by atoms with van der Waals surface area (Å²) in [7, 11) is 0. The van der Waals surface area contributed by atoms with Crippen LogP contribution in [-0.2, 0) is 6.54 Å². The molecule has 0 atom stereocenters. The molecule has 0 aliphatic rings. The first kappa shape index (κ1) is 20.6. The summed E-state index contributed by atoms with van der Waals surface area (Å²) in [5.74, 6) is 0.897. The molecule has 2 heterocycles. The molecule has 0 aliphatic heterocycles.